The predicted molar refractivity (Wildman–Crippen MR) is 67.5 cm³/mol. The summed E-state index contributed by atoms with van der Waals surface area (Å²) in [5.41, 5.74) is -2.16. The van der Waals surface area contributed by atoms with Crippen molar-refractivity contribution in [1.82, 2.24) is 4.98 Å². The first kappa shape index (κ1) is 14.0. The first-order valence-electron chi connectivity index (χ1n) is 5.05. The van der Waals surface area contributed by atoms with Gasteiger partial charge in [-0.25, -0.2) is 0 Å². The highest BCUT2D eigenvalue weighted by Gasteiger charge is 2.34. The van der Waals surface area contributed by atoms with Crippen molar-refractivity contribution in [1.29, 1.82) is 0 Å². The van der Waals surface area contributed by atoms with Crippen LogP contribution < -0.4 is 5.56 Å². The Hall–Kier alpha value is -1.46. The Morgan fingerprint density at radius 3 is 2.21 bits per heavy atom. The van der Waals surface area contributed by atoms with Crippen LogP contribution in [0.25, 0.3) is 11.1 Å². The molecular weight excluding hydrogens is 302 g/mol. The number of rotatable bonds is 1. The molecule has 0 saturated carbocycles. The van der Waals surface area contributed by atoms with Crippen molar-refractivity contribution >= 4 is 23.2 Å². The normalized spacial score (nSPS) is 11.6. The third-order valence-corrected chi connectivity index (χ3v) is 3.09. The summed E-state index contributed by atoms with van der Waals surface area (Å²) in [4.78, 5) is 13.2. The molecule has 0 spiro atoms. The maximum absolute atomic E-state index is 12.7. The molecule has 0 unspecified atom stereocenters. The second-order valence-electron chi connectivity index (χ2n) is 3.73. The van der Waals surface area contributed by atoms with E-state index in [0.29, 0.717) is 0 Å². The van der Waals surface area contributed by atoms with Gasteiger partial charge in [-0.2, -0.15) is 13.2 Å². The van der Waals surface area contributed by atoms with Crippen LogP contribution in [0.2, 0.25) is 10.0 Å². The van der Waals surface area contributed by atoms with Crippen molar-refractivity contribution in [3.05, 3.63) is 56.4 Å². The zero-order valence-corrected chi connectivity index (χ0v) is 10.7. The zero-order valence-electron chi connectivity index (χ0n) is 9.18. The lowest BCUT2D eigenvalue weighted by molar-refractivity contribution is -0.138. The summed E-state index contributed by atoms with van der Waals surface area (Å²) in [6.07, 6.45) is -3.60. The summed E-state index contributed by atoms with van der Waals surface area (Å²) >= 11 is 11.8. The van der Waals surface area contributed by atoms with Crippen molar-refractivity contribution in [3.63, 3.8) is 0 Å². The van der Waals surface area contributed by atoms with Crippen molar-refractivity contribution in [2.75, 3.05) is 0 Å². The number of aromatic amines is 1. The predicted octanol–water partition coefficient (Wildman–Crippen LogP) is 4.37. The van der Waals surface area contributed by atoms with E-state index in [2.05, 4.69) is 0 Å². The number of hydrogen-bond donors (Lipinski definition) is 1. The van der Waals surface area contributed by atoms with E-state index in [-0.39, 0.29) is 21.2 Å². The summed E-state index contributed by atoms with van der Waals surface area (Å²) in [5.74, 6) is 0. The van der Waals surface area contributed by atoms with Crippen LogP contribution in [-0.4, -0.2) is 4.98 Å². The summed E-state index contributed by atoms with van der Waals surface area (Å²) in [6, 6.07) is 5.30. The largest absolute Gasteiger partial charge is 0.421 e. The van der Waals surface area contributed by atoms with Gasteiger partial charge in [-0.15, -0.1) is 0 Å². The van der Waals surface area contributed by atoms with Crippen molar-refractivity contribution in [2.24, 2.45) is 0 Å². The average molecular weight is 308 g/mol. The zero-order chi connectivity index (χ0) is 14.2. The maximum atomic E-state index is 12.7. The van der Waals surface area contributed by atoms with Gasteiger partial charge in [0.1, 0.15) is 5.56 Å². The Kier molecular flexibility index (Phi) is 3.60. The van der Waals surface area contributed by atoms with Crippen molar-refractivity contribution in [3.8, 4) is 11.1 Å². The minimum Gasteiger partial charge on any atom is -0.328 e. The molecule has 0 aliphatic carbocycles. The highest BCUT2D eigenvalue weighted by Crippen LogP contribution is 2.36. The van der Waals surface area contributed by atoms with Gasteiger partial charge in [-0.1, -0.05) is 29.3 Å². The SMILES string of the molecule is O=c1[nH]cc(-c2c(Cl)cccc2Cl)cc1C(F)(F)F. The highest BCUT2D eigenvalue weighted by molar-refractivity contribution is 6.39. The fraction of sp³-hybridized carbons (Fsp3) is 0.0833. The van der Waals surface area contributed by atoms with E-state index in [0.717, 1.165) is 12.3 Å². The molecule has 7 heteroatoms. The maximum Gasteiger partial charge on any atom is 0.421 e. The van der Waals surface area contributed by atoms with Crippen LogP contribution in [0.5, 0.6) is 0 Å². The number of benzene rings is 1. The second kappa shape index (κ2) is 4.90. The molecule has 100 valence electrons. The first-order valence-corrected chi connectivity index (χ1v) is 5.80. The number of nitrogens with one attached hydrogen (secondary N) is 1. The lowest BCUT2D eigenvalue weighted by Gasteiger charge is -2.10. The molecule has 1 N–H and O–H groups in total. The monoisotopic (exact) mass is 307 g/mol. The summed E-state index contributed by atoms with van der Waals surface area (Å²) in [6.45, 7) is 0. The fourth-order valence-electron chi connectivity index (χ4n) is 1.61. The van der Waals surface area contributed by atoms with Crippen LogP contribution in [0.15, 0.2) is 35.3 Å². The van der Waals surface area contributed by atoms with Gasteiger partial charge in [0.15, 0.2) is 0 Å². The van der Waals surface area contributed by atoms with E-state index in [1.165, 1.54) is 12.1 Å². The molecule has 0 aliphatic heterocycles. The van der Waals surface area contributed by atoms with Gasteiger partial charge in [-0.05, 0) is 18.2 Å². The highest BCUT2D eigenvalue weighted by atomic mass is 35.5. The van der Waals surface area contributed by atoms with Gasteiger partial charge in [0.2, 0.25) is 0 Å². The van der Waals surface area contributed by atoms with Crippen LogP contribution in [0, 0.1) is 0 Å². The number of pyridine rings is 1. The van der Waals surface area contributed by atoms with Crippen LogP contribution in [-0.2, 0) is 6.18 Å². The quantitative estimate of drug-likeness (QED) is 0.834. The number of halogens is 5. The van der Waals surface area contributed by atoms with E-state index in [1.54, 1.807) is 6.07 Å². The van der Waals surface area contributed by atoms with Crippen LogP contribution in [0.1, 0.15) is 5.56 Å². The molecule has 19 heavy (non-hydrogen) atoms. The molecule has 2 nitrogen and oxygen atoms in total. The van der Waals surface area contributed by atoms with Crippen molar-refractivity contribution < 1.29 is 13.2 Å². The fourth-order valence-corrected chi connectivity index (χ4v) is 2.23. The number of hydrogen-bond acceptors (Lipinski definition) is 1. The molecule has 0 radical (unpaired) electrons. The Labute approximate surface area is 115 Å². The summed E-state index contributed by atoms with van der Waals surface area (Å²) in [7, 11) is 0. The Morgan fingerprint density at radius 2 is 1.68 bits per heavy atom. The molecule has 1 aromatic carbocycles. The number of alkyl halides is 3. The van der Waals surface area contributed by atoms with E-state index in [9.17, 15) is 18.0 Å². The minimum absolute atomic E-state index is 0.0996. The third kappa shape index (κ3) is 2.77. The van der Waals surface area contributed by atoms with Crippen LogP contribution in [0.4, 0.5) is 13.2 Å². The van der Waals surface area contributed by atoms with Crippen molar-refractivity contribution in [2.45, 2.75) is 6.18 Å². The van der Waals surface area contributed by atoms with E-state index >= 15 is 0 Å². The second-order valence-corrected chi connectivity index (χ2v) is 4.54. The Bertz CT molecular complexity index is 659. The van der Waals surface area contributed by atoms with E-state index < -0.39 is 17.3 Å². The molecule has 0 bridgehead atoms. The van der Waals surface area contributed by atoms with E-state index in [4.69, 9.17) is 23.2 Å². The standard InChI is InChI=1S/C12H6Cl2F3NO/c13-8-2-1-3-9(14)10(8)6-4-7(12(15,16)17)11(19)18-5-6/h1-5H,(H,18,19). The average Bonchev–Trinajstić information content (AvgIpc) is 2.29. The van der Waals surface area contributed by atoms with Gasteiger partial charge >= 0.3 is 6.18 Å². The molecule has 0 atom stereocenters. The summed E-state index contributed by atoms with van der Waals surface area (Å²) in [5, 5.41) is 0.403. The lowest BCUT2D eigenvalue weighted by atomic mass is 10.1. The van der Waals surface area contributed by atoms with E-state index in [1.807, 2.05) is 4.98 Å². The van der Waals surface area contributed by atoms with Crippen LogP contribution in [0.3, 0.4) is 0 Å². The Balaban J connectivity index is 2.69. The number of aromatic nitrogens is 1. The molecule has 0 aliphatic rings. The Morgan fingerprint density at radius 1 is 1.11 bits per heavy atom. The summed E-state index contributed by atoms with van der Waals surface area (Å²) < 4.78 is 38.0. The molecule has 0 saturated heterocycles. The van der Waals surface area contributed by atoms with Gasteiger partial charge in [0.05, 0.1) is 0 Å². The molecule has 0 fully saturated rings. The molecule has 2 aromatic rings. The van der Waals surface area contributed by atoms with Gasteiger partial charge in [0.25, 0.3) is 5.56 Å². The smallest absolute Gasteiger partial charge is 0.328 e. The molecular formula is C12H6Cl2F3NO. The van der Waals surface area contributed by atoms with Crippen LogP contribution >= 0.6 is 23.2 Å². The van der Waals surface area contributed by atoms with Gasteiger partial charge < -0.3 is 4.98 Å². The molecule has 2 rings (SSSR count). The minimum atomic E-state index is -4.74. The molecule has 1 heterocycles. The molecule has 0 amide bonds. The van der Waals surface area contributed by atoms with Gasteiger partial charge in [-0.3, -0.25) is 4.79 Å². The lowest BCUT2D eigenvalue weighted by Crippen LogP contribution is -2.21. The number of H-pyrrole nitrogens is 1. The third-order valence-electron chi connectivity index (χ3n) is 2.46. The molecule has 1 aromatic heterocycles. The first-order chi connectivity index (χ1) is 8.80. The van der Waals surface area contributed by atoms with Gasteiger partial charge in [0, 0.05) is 27.4 Å². The topological polar surface area (TPSA) is 32.9 Å².